The summed E-state index contributed by atoms with van der Waals surface area (Å²) in [5, 5.41) is 1.35. The van der Waals surface area contributed by atoms with E-state index in [9.17, 15) is 4.79 Å². The lowest BCUT2D eigenvalue weighted by Crippen LogP contribution is -2.41. The van der Waals surface area contributed by atoms with E-state index in [1.165, 1.54) is 5.01 Å². The molecule has 2 N–H and O–H groups in total. The van der Waals surface area contributed by atoms with Crippen molar-refractivity contribution in [3.05, 3.63) is 0 Å². The van der Waals surface area contributed by atoms with Crippen molar-refractivity contribution in [3.8, 4) is 0 Å². The first-order chi connectivity index (χ1) is 5.75. The molecule has 2 saturated heterocycles. The van der Waals surface area contributed by atoms with Gasteiger partial charge in [0, 0.05) is 19.8 Å². The van der Waals surface area contributed by atoms with Gasteiger partial charge in [-0.1, -0.05) is 0 Å². The summed E-state index contributed by atoms with van der Waals surface area (Å²) < 4.78 is 5.23. The molecule has 1 amide bonds. The smallest absolute Gasteiger partial charge is 0.242 e. The van der Waals surface area contributed by atoms with Gasteiger partial charge in [0.25, 0.3) is 0 Å². The molecule has 1 spiro atoms. The molecule has 0 atom stereocenters. The maximum atomic E-state index is 11.6. The van der Waals surface area contributed by atoms with Crippen LogP contribution < -0.4 is 5.84 Å². The molecule has 2 fully saturated rings. The molecular weight excluding hydrogens is 192 g/mol. The number of hydrogen-bond donors (Lipinski definition) is 1. The highest BCUT2D eigenvalue weighted by Crippen LogP contribution is 2.39. The maximum absolute atomic E-state index is 11.6. The summed E-state index contributed by atoms with van der Waals surface area (Å²) in [7, 11) is 0. The van der Waals surface area contributed by atoms with Crippen molar-refractivity contribution < 1.29 is 9.53 Å². The van der Waals surface area contributed by atoms with Gasteiger partial charge < -0.3 is 4.74 Å². The quantitative estimate of drug-likeness (QED) is 0.459. The van der Waals surface area contributed by atoms with Gasteiger partial charge in [0.2, 0.25) is 5.91 Å². The maximum Gasteiger partial charge on any atom is 0.242 e. The van der Waals surface area contributed by atoms with Crippen LogP contribution in [-0.4, -0.2) is 30.7 Å². The fourth-order valence-electron chi connectivity index (χ4n) is 2.07. The molecule has 76 valence electrons. The highest BCUT2D eigenvalue weighted by Gasteiger charge is 2.46. The van der Waals surface area contributed by atoms with Crippen molar-refractivity contribution in [2.45, 2.75) is 19.3 Å². The number of carbonyl (C=O) groups excluding carboxylic acids is 1. The molecule has 0 aromatic rings. The molecule has 0 bridgehead atoms. The first-order valence-corrected chi connectivity index (χ1v) is 4.39. The Morgan fingerprint density at radius 3 is 2.38 bits per heavy atom. The topological polar surface area (TPSA) is 55.6 Å². The Hall–Kier alpha value is -0.320. The van der Waals surface area contributed by atoms with E-state index in [0.29, 0.717) is 19.8 Å². The Labute approximate surface area is 83.8 Å². The van der Waals surface area contributed by atoms with E-state index in [1.807, 2.05) is 0 Å². The molecule has 0 aromatic heterocycles. The number of nitrogens with zero attached hydrogens (tertiary/aromatic N) is 1. The molecule has 13 heavy (non-hydrogen) atoms. The highest BCUT2D eigenvalue weighted by atomic mass is 35.5. The van der Waals surface area contributed by atoms with Gasteiger partial charge in [-0.05, 0) is 19.3 Å². The second-order valence-electron chi connectivity index (χ2n) is 3.64. The van der Waals surface area contributed by atoms with E-state index in [4.69, 9.17) is 10.6 Å². The largest absolute Gasteiger partial charge is 0.381 e. The van der Waals surface area contributed by atoms with Gasteiger partial charge in [-0.15, -0.1) is 12.4 Å². The monoisotopic (exact) mass is 206 g/mol. The lowest BCUT2D eigenvalue weighted by molar-refractivity contribution is -0.140. The number of hydrazine groups is 1. The minimum absolute atomic E-state index is 0. The van der Waals surface area contributed by atoms with E-state index in [0.717, 1.165) is 19.3 Å². The zero-order valence-corrected chi connectivity index (χ0v) is 8.31. The number of amides is 1. The normalized spacial score (nSPS) is 26.2. The second kappa shape index (κ2) is 3.82. The van der Waals surface area contributed by atoms with Crippen LogP contribution in [0.3, 0.4) is 0 Å². The van der Waals surface area contributed by atoms with Crippen LogP contribution in [-0.2, 0) is 9.53 Å². The van der Waals surface area contributed by atoms with Gasteiger partial charge in [-0.2, -0.15) is 0 Å². The number of hydrogen-bond acceptors (Lipinski definition) is 3. The summed E-state index contributed by atoms with van der Waals surface area (Å²) in [4.78, 5) is 11.6. The van der Waals surface area contributed by atoms with Gasteiger partial charge in [-0.25, -0.2) is 5.84 Å². The molecule has 2 rings (SSSR count). The summed E-state index contributed by atoms with van der Waals surface area (Å²) in [6, 6.07) is 0. The highest BCUT2D eigenvalue weighted by molar-refractivity contribution is 5.85. The summed E-state index contributed by atoms with van der Waals surface area (Å²) in [5.41, 5.74) is -0.160. The lowest BCUT2D eigenvalue weighted by atomic mass is 9.79. The van der Waals surface area contributed by atoms with Crippen LogP contribution in [0.1, 0.15) is 19.3 Å². The molecule has 0 radical (unpaired) electrons. The molecule has 5 heteroatoms. The van der Waals surface area contributed by atoms with Crippen LogP contribution in [0.2, 0.25) is 0 Å². The fourth-order valence-corrected chi connectivity index (χ4v) is 2.07. The number of halogens is 1. The van der Waals surface area contributed by atoms with Crippen molar-refractivity contribution in [1.29, 1.82) is 0 Å². The van der Waals surface area contributed by atoms with Crippen LogP contribution in [0.4, 0.5) is 0 Å². The van der Waals surface area contributed by atoms with Crippen molar-refractivity contribution in [2.75, 3.05) is 19.8 Å². The van der Waals surface area contributed by atoms with Gasteiger partial charge in [0.1, 0.15) is 0 Å². The number of rotatable bonds is 0. The first kappa shape index (κ1) is 10.8. The SMILES string of the molecule is Cl.NN1CCC2(CCOCC2)C1=O. The Morgan fingerprint density at radius 1 is 1.31 bits per heavy atom. The van der Waals surface area contributed by atoms with E-state index in [2.05, 4.69) is 0 Å². The first-order valence-electron chi connectivity index (χ1n) is 4.39. The number of nitrogens with two attached hydrogens (primary N) is 1. The Morgan fingerprint density at radius 2 is 1.92 bits per heavy atom. The fraction of sp³-hybridized carbons (Fsp3) is 0.875. The third-order valence-corrected chi connectivity index (χ3v) is 3.00. The van der Waals surface area contributed by atoms with E-state index >= 15 is 0 Å². The van der Waals surface area contributed by atoms with Crippen LogP contribution in [0.15, 0.2) is 0 Å². The summed E-state index contributed by atoms with van der Waals surface area (Å²) >= 11 is 0. The van der Waals surface area contributed by atoms with Crippen molar-refractivity contribution >= 4 is 18.3 Å². The standard InChI is InChI=1S/C8H14N2O2.ClH/c9-10-4-1-8(7(10)11)2-5-12-6-3-8;/h1-6,9H2;1H. The summed E-state index contributed by atoms with van der Waals surface area (Å²) in [6.45, 7) is 2.12. The molecular formula is C8H15ClN2O2. The Bertz CT molecular complexity index is 199. The molecule has 4 nitrogen and oxygen atoms in total. The number of ether oxygens (including phenoxy) is 1. The van der Waals surface area contributed by atoms with Crippen molar-refractivity contribution in [1.82, 2.24) is 5.01 Å². The molecule has 2 heterocycles. The molecule has 0 aliphatic carbocycles. The zero-order chi connectivity index (χ0) is 8.60. The average molecular weight is 207 g/mol. The average Bonchev–Trinajstić information content (AvgIpc) is 2.37. The van der Waals surface area contributed by atoms with Crippen molar-refractivity contribution in [2.24, 2.45) is 11.3 Å². The Kier molecular flexibility index (Phi) is 3.16. The molecule has 2 aliphatic heterocycles. The van der Waals surface area contributed by atoms with Crippen LogP contribution >= 0.6 is 12.4 Å². The van der Waals surface area contributed by atoms with E-state index < -0.39 is 0 Å². The molecule has 0 aromatic carbocycles. The molecule has 0 saturated carbocycles. The molecule has 2 aliphatic rings. The van der Waals surface area contributed by atoms with Crippen molar-refractivity contribution in [3.63, 3.8) is 0 Å². The van der Waals surface area contributed by atoms with Gasteiger partial charge in [-0.3, -0.25) is 9.80 Å². The van der Waals surface area contributed by atoms with Crippen LogP contribution in [0, 0.1) is 5.41 Å². The second-order valence-corrected chi connectivity index (χ2v) is 3.64. The minimum Gasteiger partial charge on any atom is -0.381 e. The third kappa shape index (κ3) is 1.66. The summed E-state index contributed by atoms with van der Waals surface area (Å²) in [6.07, 6.45) is 2.60. The minimum atomic E-state index is -0.160. The zero-order valence-electron chi connectivity index (χ0n) is 7.49. The third-order valence-electron chi connectivity index (χ3n) is 3.00. The predicted molar refractivity (Wildman–Crippen MR) is 50.3 cm³/mol. The Balaban J connectivity index is 0.000000845. The van der Waals surface area contributed by atoms with Crippen LogP contribution in [0.25, 0.3) is 0 Å². The van der Waals surface area contributed by atoms with E-state index in [1.54, 1.807) is 0 Å². The van der Waals surface area contributed by atoms with Gasteiger partial charge >= 0.3 is 0 Å². The van der Waals surface area contributed by atoms with E-state index in [-0.39, 0.29) is 23.7 Å². The van der Waals surface area contributed by atoms with Gasteiger partial charge in [0.05, 0.1) is 5.41 Å². The predicted octanol–water partition coefficient (Wildman–Crippen LogP) is 0.311. The number of carbonyl (C=O) groups is 1. The van der Waals surface area contributed by atoms with Crippen LogP contribution in [0.5, 0.6) is 0 Å². The lowest BCUT2D eigenvalue weighted by Gasteiger charge is -2.30. The summed E-state index contributed by atoms with van der Waals surface area (Å²) in [5.74, 6) is 5.64. The van der Waals surface area contributed by atoms with Gasteiger partial charge in [0.15, 0.2) is 0 Å². The molecule has 0 unspecified atom stereocenters.